The molecule has 1 atom stereocenters. The number of carbonyl (C=O) groups is 1. The van der Waals surface area contributed by atoms with Crippen LogP contribution in [0.15, 0.2) is 0 Å². The quantitative estimate of drug-likeness (QED) is 0.813. The van der Waals surface area contributed by atoms with Crippen LogP contribution in [0.25, 0.3) is 0 Å². The number of piperidine rings is 1. The summed E-state index contributed by atoms with van der Waals surface area (Å²) >= 11 is 0. The van der Waals surface area contributed by atoms with E-state index in [0.717, 1.165) is 25.6 Å². The number of likely N-dealkylation sites (tertiary alicyclic amines) is 1. The van der Waals surface area contributed by atoms with Crippen LogP contribution in [-0.4, -0.2) is 55.5 Å². The summed E-state index contributed by atoms with van der Waals surface area (Å²) in [6.45, 7) is 5.34. The molecule has 0 spiro atoms. The van der Waals surface area contributed by atoms with Crippen LogP contribution in [0.3, 0.4) is 0 Å². The Hall–Kier alpha value is -0.170. The molecule has 1 unspecified atom stereocenters. The van der Waals surface area contributed by atoms with Gasteiger partial charge in [0.25, 0.3) is 5.92 Å². The fourth-order valence-corrected chi connectivity index (χ4v) is 2.65. The number of halogens is 4. The number of nitrogens with zero attached hydrogens (tertiary/aromatic N) is 1. The molecule has 8 heteroatoms. The van der Waals surface area contributed by atoms with Gasteiger partial charge in [-0.05, 0) is 31.8 Å². The maximum Gasteiger partial charge on any atom is 0.262 e. The molecule has 2 aliphatic rings. The van der Waals surface area contributed by atoms with Crippen molar-refractivity contribution >= 4 is 30.7 Å². The van der Waals surface area contributed by atoms with E-state index in [-0.39, 0.29) is 37.1 Å². The first kappa shape index (κ1) is 20.8. The Morgan fingerprint density at radius 3 is 2.48 bits per heavy atom. The van der Waals surface area contributed by atoms with Gasteiger partial charge in [0.05, 0.1) is 12.6 Å². The second-order valence-corrected chi connectivity index (χ2v) is 5.81. The molecule has 2 fully saturated rings. The molecular weight excluding hydrogens is 323 g/mol. The molecular formula is C13H25Cl2F2N3O. The zero-order chi connectivity index (χ0) is 13.9. The van der Waals surface area contributed by atoms with Crippen LogP contribution >= 0.6 is 24.8 Å². The summed E-state index contributed by atoms with van der Waals surface area (Å²) in [7, 11) is 0. The van der Waals surface area contributed by atoms with Gasteiger partial charge in [-0.3, -0.25) is 10.1 Å². The summed E-state index contributed by atoms with van der Waals surface area (Å²) in [4.78, 5) is 14.0. The van der Waals surface area contributed by atoms with Gasteiger partial charge in [-0.2, -0.15) is 0 Å². The molecule has 2 heterocycles. The standard InChI is InChI=1S/C13H23F2N3O.2ClH/c1-10-2-5-18(6-3-10)7-4-16-12(19)11-8-13(14,15)9-17-11;;/h10-11,17H,2-9H2,1H3,(H,16,19);2*1H. The van der Waals surface area contributed by atoms with Crippen molar-refractivity contribution in [2.24, 2.45) is 5.92 Å². The van der Waals surface area contributed by atoms with E-state index in [1.807, 2.05) is 0 Å². The molecule has 2 saturated heterocycles. The zero-order valence-electron chi connectivity index (χ0n) is 12.2. The normalized spacial score (nSPS) is 25.8. The number of amides is 1. The van der Waals surface area contributed by atoms with Gasteiger partial charge in [-0.1, -0.05) is 6.92 Å². The van der Waals surface area contributed by atoms with Crippen LogP contribution < -0.4 is 10.6 Å². The van der Waals surface area contributed by atoms with Gasteiger partial charge in [-0.25, -0.2) is 8.78 Å². The third kappa shape index (κ3) is 6.63. The van der Waals surface area contributed by atoms with E-state index >= 15 is 0 Å². The lowest BCUT2D eigenvalue weighted by molar-refractivity contribution is -0.123. The summed E-state index contributed by atoms with van der Waals surface area (Å²) in [6.07, 6.45) is 2.01. The molecule has 126 valence electrons. The molecule has 0 saturated carbocycles. The summed E-state index contributed by atoms with van der Waals surface area (Å²) in [5, 5.41) is 5.31. The smallest absolute Gasteiger partial charge is 0.262 e. The molecule has 1 amide bonds. The Balaban J connectivity index is 0.00000200. The van der Waals surface area contributed by atoms with Gasteiger partial charge in [0.15, 0.2) is 0 Å². The average Bonchev–Trinajstić information content (AvgIpc) is 2.72. The van der Waals surface area contributed by atoms with Crippen molar-refractivity contribution in [2.45, 2.75) is 38.2 Å². The summed E-state index contributed by atoms with van der Waals surface area (Å²) in [5.74, 6) is -2.26. The monoisotopic (exact) mass is 347 g/mol. The molecule has 2 rings (SSSR count). The molecule has 0 aliphatic carbocycles. The molecule has 2 aliphatic heterocycles. The van der Waals surface area contributed by atoms with Crippen LogP contribution in [-0.2, 0) is 4.79 Å². The van der Waals surface area contributed by atoms with Gasteiger partial charge < -0.3 is 10.2 Å². The van der Waals surface area contributed by atoms with Crippen LogP contribution in [0.4, 0.5) is 8.78 Å². The van der Waals surface area contributed by atoms with Gasteiger partial charge >= 0.3 is 0 Å². The number of hydrogen-bond donors (Lipinski definition) is 2. The number of alkyl halides is 2. The van der Waals surface area contributed by atoms with E-state index < -0.39 is 18.5 Å². The molecule has 0 aromatic carbocycles. The van der Waals surface area contributed by atoms with E-state index in [9.17, 15) is 13.6 Å². The van der Waals surface area contributed by atoms with E-state index in [4.69, 9.17) is 0 Å². The maximum absolute atomic E-state index is 13.0. The highest BCUT2D eigenvalue weighted by Crippen LogP contribution is 2.24. The van der Waals surface area contributed by atoms with Crippen molar-refractivity contribution in [1.29, 1.82) is 0 Å². The predicted molar refractivity (Wildman–Crippen MR) is 83.7 cm³/mol. The minimum atomic E-state index is -2.75. The Labute approximate surface area is 137 Å². The molecule has 21 heavy (non-hydrogen) atoms. The minimum absolute atomic E-state index is 0. The van der Waals surface area contributed by atoms with Crippen molar-refractivity contribution in [2.75, 3.05) is 32.7 Å². The Kier molecular flexibility index (Phi) is 9.00. The Morgan fingerprint density at radius 2 is 1.95 bits per heavy atom. The second-order valence-electron chi connectivity index (χ2n) is 5.81. The number of hydrogen-bond acceptors (Lipinski definition) is 3. The van der Waals surface area contributed by atoms with Crippen molar-refractivity contribution < 1.29 is 13.6 Å². The van der Waals surface area contributed by atoms with Gasteiger partial charge in [0.2, 0.25) is 5.91 Å². The average molecular weight is 348 g/mol. The second kappa shape index (κ2) is 9.08. The van der Waals surface area contributed by atoms with Gasteiger partial charge in [0.1, 0.15) is 0 Å². The number of nitrogens with one attached hydrogen (secondary N) is 2. The van der Waals surface area contributed by atoms with Crippen LogP contribution in [0.5, 0.6) is 0 Å². The predicted octanol–water partition coefficient (Wildman–Crippen LogP) is 1.68. The van der Waals surface area contributed by atoms with Crippen molar-refractivity contribution in [3.8, 4) is 0 Å². The summed E-state index contributed by atoms with van der Waals surface area (Å²) in [6, 6.07) is -0.739. The maximum atomic E-state index is 13.0. The SMILES string of the molecule is CC1CCN(CCNC(=O)C2CC(F)(F)CN2)CC1.Cl.Cl. The lowest BCUT2D eigenvalue weighted by atomic mass is 9.99. The highest BCUT2D eigenvalue weighted by molar-refractivity contribution is 5.85. The first-order valence-corrected chi connectivity index (χ1v) is 7.07. The minimum Gasteiger partial charge on any atom is -0.353 e. The molecule has 0 aromatic heterocycles. The Bertz CT molecular complexity index is 327. The molecule has 0 aromatic rings. The largest absolute Gasteiger partial charge is 0.353 e. The lowest BCUT2D eigenvalue weighted by Crippen LogP contribution is -2.44. The lowest BCUT2D eigenvalue weighted by Gasteiger charge is -2.30. The zero-order valence-corrected chi connectivity index (χ0v) is 13.9. The van der Waals surface area contributed by atoms with Crippen molar-refractivity contribution in [1.82, 2.24) is 15.5 Å². The van der Waals surface area contributed by atoms with E-state index in [2.05, 4.69) is 22.5 Å². The molecule has 0 bridgehead atoms. The fraction of sp³-hybridized carbons (Fsp3) is 0.923. The van der Waals surface area contributed by atoms with Gasteiger partial charge in [-0.15, -0.1) is 24.8 Å². The third-order valence-corrected chi connectivity index (χ3v) is 4.03. The summed E-state index contributed by atoms with van der Waals surface area (Å²) in [5.41, 5.74) is 0. The number of rotatable bonds is 4. The summed E-state index contributed by atoms with van der Waals surface area (Å²) < 4.78 is 25.9. The third-order valence-electron chi connectivity index (χ3n) is 4.03. The molecule has 0 radical (unpaired) electrons. The fourth-order valence-electron chi connectivity index (χ4n) is 2.65. The van der Waals surface area contributed by atoms with E-state index in [0.29, 0.717) is 6.54 Å². The van der Waals surface area contributed by atoms with Crippen molar-refractivity contribution in [3.63, 3.8) is 0 Å². The molecule has 4 nitrogen and oxygen atoms in total. The van der Waals surface area contributed by atoms with E-state index in [1.54, 1.807) is 0 Å². The van der Waals surface area contributed by atoms with Crippen molar-refractivity contribution in [3.05, 3.63) is 0 Å². The Morgan fingerprint density at radius 1 is 1.33 bits per heavy atom. The topological polar surface area (TPSA) is 44.4 Å². The molecule has 2 N–H and O–H groups in total. The van der Waals surface area contributed by atoms with Crippen LogP contribution in [0, 0.1) is 5.92 Å². The highest BCUT2D eigenvalue weighted by atomic mass is 35.5. The number of carbonyl (C=O) groups excluding carboxylic acids is 1. The van der Waals surface area contributed by atoms with Crippen LogP contribution in [0.2, 0.25) is 0 Å². The van der Waals surface area contributed by atoms with Crippen LogP contribution in [0.1, 0.15) is 26.2 Å². The highest BCUT2D eigenvalue weighted by Gasteiger charge is 2.42. The van der Waals surface area contributed by atoms with E-state index in [1.165, 1.54) is 12.8 Å². The van der Waals surface area contributed by atoms with Gasteiger partial charge in [0, 0.05) is 19.5 Å². The first-order valence-electron chi connectivity index (χ1n) is 7.07. The first-order chi connectivity index (χ1) is 8.96.